The van der Waals surface area contributed by atoms with E-state index in [9.17, 15) is 9.59 Å². The van der Waals surface area contributed by atoms with Crippen LogP contribution in [0.4, 0.5) is 4.79 Å². The monoisotopic (exact) mass is 360 g/mol. The molecule has 0 spiro atoms. The zero-order valence-electron chi connectivity index (χ0n) is 14.4. The molecule has 5 nitrogen and oxygen atoms in total. The molecular formula is C19H24N2O3S. The van der Waals surface area contributed by atoms with Crippen LogP contribution in [0.25, 0.3) is 0 Å². The molecule has 2 rings (SSSR count). The number of hydrogen-bond donors (Lipinski definition) is 2. The first-order valence-corrected chi connectivity index (χ1v) is 9.30. The van der Waals surface area contributed by atoms with Gasteiger partial charge in [0.05, 0.1) is 6.54 Å². The molecule has 0 saturated carbocycles. The first-order valence-electron chi connectivity index (χ1n) is 8.42. The first-order chi connectivity index (χ1) is 12.1. The molecule has 1 unspecified atom stereocenters. The van der Waals surface area contributed by atoms with Crippen LogP contribution in [0.1, 0.15) is 30.2 Å². The van der Waals surface area contributed by atoms with Crippen LogP contribution in [0.2, 0.25) is 0 Å². The first kappa shape index (κ1) is 19.0. The summed E-state index contributed by atoms with van der Waals surface area (Å²) in [5.41, 5.74) is 1.08. The molecule has 2 amide bonds. The predicted molar refractivity (Wildman–Crippen MR) is 99.7 cm³/mol. The van der Waals surface area contributed by atoms with Gasteiger partial charge in [0.25, 0.3) is 0 Å². The van der Waals surface area contributed by atoms with E-state index in [0.29, 0.717) is 25.9 Å². The van der Waals surface area contributed by atoms with E-state index in [1.54, 1.807) is 16.2 Å². The van der Waals surface area contributed by atoms with Gasteiger partial charge in [0.15, 0.2) is 0 Å². The number of carbonyl (C=O) groups is 2. The highest BCUT2D eigenvalue weighted by molar-refractivity contribution is 7.09. The van der Waals surface area contributed by atoms with Crippen molar-refractivity contribution in [1.29, 1.82) is 0 Å². The van der Waals surface area contributed by atoms with Crippen LogP contribution in [-0.2, 0) is 17.8 Å². The van der Waals surface area contributed by atoms with E-state index in [1.807, 2.05) is 54.8 Å². The Morgan fingerprint density at radius 2 is 1.96 bits per heavy atom. The highest BCUT2D eigenvalue weighted by Crippen LogP contribution is 2.13. The molecule has 0 saturated heterocycles. The Morgan fingerprint density at radius 3 is 2.56 bits per heavy atom. The van der Waals surface area contributed by atoms with E-state index < -0.39 is 5.97 Å². The minimum atomic E-state index is -0.849. The van der Waals surface area contributed by atoms with Crippen LogP contribution in [0.15, 0.2) is 47.8 Å². The summed E-state index contributed by atoms with van der Waals surface area (Å²) in [4.78, 5) is 26.4. The van der Waals surface area contributed by atoms with Crippen LogP contribution in [0, 0.1) is 0 Å². The van der Waals surface area contributed by atoms with Gasteiger partial charge in [-0.25, -0.2) is 4.79 Å². The molecule has 0 aliphatic carbocycles. The van der Waals surface area contributed by atoms with Crippen LogP contribution >= 0.6 is 11.3 Å². The summed E-state index contributed by atoms with van der Waals surface area (Å²) in [6, 6.07) is 13.4. The maximum absolute atomic E-state index is 12.6. The van der Waals surface area contributed by atoms with Crippen molar-refractivity contribution >= 4 is 23.3 Å². The molecule has 0 bridgehead atoms. The summed E-state index contributed by atoms with van der Waals surface area (Å²) < 4.78 is 0. The molecule has 2 N–H and O–H groups in total. The van der Waals surface area contributed by atoms with Crippen molar-refractivity contribution in [3.05, 3.63) is 58.3 Å². The van der Waals surface area contributed by atoms with E-state index in [1.165, 1.54) is 0 Å². The molecule has 6 heteroatoms. The number of carboxylic acid groups (broad SMARTS) is 1. The van der Waals surface area contributed by atoms with Gasteiger partial charge in [-0.3, -0.25) is 4.79 Å². The third kappa shape index (κ3) is 6.58. The Kier molecular flexibility index (Phi) is 7.47. The van der Waals surface area contributed by atoms with E-state index in [0.717, 1.165) is 10.4 Å². The summed E-state index contributed by atoms with van der Waals surface area (Å²) in [7, 11) is 0. The fourth-order valence-corrected chi connectivity index (χ4v) is 3.32. The van der Waals surface area contributed by atoms with Crippen molar-refractivity contribution in [2.75, 3.05) is 6.54 Å². The quantitative estimate of drug-likeness (QED) is 0.715. The molecule has 1 aromatic heterocycles. The number of nitrogens with zero attached hydrogens (tertiary/aromatic N) is 1. The SMILES string of the molecule is CCN(Cc1cccs1)C(=O)NC(CCC(=O)O)Cc1ccccc1. The van der Waals surface area contributed by atoms with Crippen LogP contribution in [0.3, 0.4) is 0 Å². The van der Waals surface area contributed by atoms with Gasteiger partial charge in [-0.15, -0.1) is 11.3 Å². The highest BCUT2D eigenvalue weighted by atomic mass is 32.1. The lowest BCUT2D eigenvalue weighted by atomic mass is 10.0. The molecule has 1 aromatic carbocycles. The third-order valence-electron chi connectivity index (χ3n) is 3.95. The van der Waals surface area contributed by atoms with E-state index in [-0.39, 0.29) is 18.5 Å². The molecule has 0 aliphatic rings. The maximum Gasteiger partial charge on any atom is 0.317 e. The molecular weight excluding hydrogens is 336 g/mol. The molecule has 134 valence electrons. The number of benzene rings is 1. The number of hydrogen-bond acceptors (Lipinski definition) is 3. The number of urea groups is 1. The number of amides is 2. The van der Waals surface area contributed by atoms with E-state index in [2.05, 4.69) is 5.32 Å². The van der Waals surface area contributed by atoms with Gasteiger partial charge in [0.2, 0.25) is 0 Å². The lowest BCUT2D eigenvalue weighted by molar-refractivity contribution is -0.137. The zero-order valence-corrected chi connectivity index (χ0v) is 15.2. The van der Waals surface area contributed by atoms with Gasteiger partial charge < -0.3 is 15.3 Å². The Bertz CT molecular complexity index is 659. The van der Waals surface area contributed by atoms with Crippen LogP contribution in [-0.4, -0.2) is 34.6 Å². The van der Waals surface area contributed by atoms with Crippen molar-refractivity contribution in [2.45, 2.75) is 38.8 Å². The second kappa shape index (κ2) is 9.84. The van der Waals surface area contributed by atoms with Crippen molar-refractivity contribution in [1.82, 2.24) is 10.2 Å². The molecule has 1 atom stereocenters. The van der Waals surface area contributed by atoms with Crippen molar-refractivity contribution in [3.8, 4) is 0 Å². The summed E-state index contributed by atoms with van der Waals surface area (Å²) in [5.74, 6) is -0.849. The number of nitrogens with one attached hydrogen (secondary N) is 1. The number of carbonyl (C=O) groups excluding carboxylic acids is 1. The summed E-state index contributed by atoms with van der Waals surface area (Å²) in [5, 5.41) is 14.0. The second-order valence-electron chi connectivity index (χ2n) is 5.86. The molecule has 0 radical (unpaired) electrons. The average Bonchev–Trinajstić information content (AvgIpc) is 3.11. The topological polar surface area (TPSA) is 69.6 Å². The smallest absolute Gasteiger partial charge is 0.317 e. The van der Waals surface area contributed by atoms with Gasteiger partial charge in [-0.2, -0.15) is 0 Å². The van der Waals surface area contributed by atoms with Crippen molar-refractivity contribution in [3.63, 3.8) is 0 Å². The van der Waals surface area contributed by atoms with Gasteiger partial charge in [-0.05, 0) is 36.8 Å². The Labute approximate surface area is 152 Å². The van der Waals surface area contributed by atoms with Crippen molar-refractivity contribution < 1.29 is 14.7 Å². The van der Waals surface area contributed by atoms with E-state index in [4.69, 9.17) is 5.11 Å². The van der Waals surface area contributed by atoms with Gasteiger partial charge in [-0.1, -0.05) is 36.4 Å². The molecule has 1 heterocycles. The fourth-order valence-electron chi connectivity index (χ4n) is 2.61. The van der Waals surface area contributed by atoms with Crippen LogP contribution in [0.5, 0.6) is 0 Å². The van der Waals surface area contributed by atoms with Gasteiger partial charge in [0, 0.05) is 23.9 Å². The Morgan fingerprint density at radius 1 is 1.20 bits per heavy atom. The van der Waals surface area contributed by atoms with Gasteiger partial charge >= 0.3 is 12.0 Å². The summed E-state index contributed by atoms with van der Waals surface area (Å²) in [6.45, 7) is 3.11. The predicted octanol–water partition coefficient (Wildman–Crippen LogP) is 3.76. The lowest BCUT2D eigenvalue weighted by Gasteiger charge is -2.25. The van der Waals surface area contributed by atoms with Crippen molar-refractivity contribution in [2.24, 2.45) is 0 Å². The molecule has 25 heavy (non-hydrogen) atoms. The second-order valence-corrected chi connectivity index (χ2v) is 6.89. The number of aliphatic carboxylic acids is 1. The zero-order chi connectivity index (χ0) is 18.1. The molecule has 0 fully saturated rings. The average molecular weight is 360 g/mol. The largest absolute Gasteiger partial charge is 0.481 e. The number of rotatable bonds is 9. The highest BCUT2D eigenvalue weighted by Gasteiger charge is 2.19. The summed E-state index contributed by atoms with van der Waals surface area (Å²) >= 11 is 1.62. The third-order valence-corrected chi connectivity index (χ3v) is 4.82. The molecule has 2 aromatic rings. The van der Waals surface area contributed by atoms with Gasteiger partial charge in [0.1, 0.15) is 0 Å². The van der Waals surface area contributed by atoms with E-state index >= 15 is 0 Å². The number of thiophene rings is 1. The minimum absolute atomic E-state index is 0.0365. The standard InChI is InChI=1S/C19H24N2O3S/c1-2-21(14-17-9-6-12-25-17)19(24)20-16(10-11-18(22)23)13-15-7-4-3-5-8-15/h3-9,12,16H,2,10-11,13-14H2,1H3,(H,20,24)(H,22,23). The minimum Gasteiger partial charge on any atom is -0.481 e. The Hall–Kier alpha value is -2.34. The number of carboxylic acids is 1. The summed E-state index contributed by atoms with van der Waals surface area (Å²) in [6.07, 6.45) is 1.07. The lowest BCUT2D eigenvalue weighted by Crippen LogP contribution is -2.45. The van der Waals surface area contributed by atoms with Crippen LogP contribution < -0.4 is 5.32 Å². The Balaban J connectivity index is 1.99. The molecule has 0 aliphatic heterocycles. The fraction of sp³-hybridized carbons (Fsp3) is 0.368. The normalized spacial score (nSPS) is 11.7. The maximum atomic E-state index is 12.6.